The summed E-state index contributed by atoms with van der Waals surface area (Å²) in [7, 11) is 1.44. The summed E-state index contributed by atoms with van der Waals surface area (Å²) in [5.74, 6) is 0.150. The minimum Gasteiger partial charge on any atom is -0.469 e. The van der Waals surface area contributed by atoms with Crippen LogP contribution in [-0.4, -0.2) is 42.0 Å². The van der Waals surface area contributed by atoms with Crippen LogP contribution >= 0.6 is 0 Å². The smallest absolute Gasteiger partial charge is 0.314 e. The molecule has 2 atom stereocenters. The lowest BCUT2D eigenvalue weighted by Crippen LogP contribution is -2.57. The molecule has 3 rings (SSSR count). The first-order valence-electron chi connectivity index (χ1n) is 8.14. The molecule has 124 valence electrons. The average Bonchev–Trinajstić information content (AvgIpc) is 2.89. The number of aryl methyl sites for hydroxylation is 1. The lowest BCUT2D eigenvalue weighted by Gasteiger charge is -2.54. The van der Waals surface area contributed by atoms with E-state index in [2.05, 4.69) is 18.8 Å². The number of fused-ring (bicyclic) bond motifs is 1. The zero-order valence-electron chi connectivity index (χ0n) is 14.0. The minimum atomic E-state index is -0.484. The Morgan fingerprint density at radius 2 is 2.22 bits per heavy atom. The van der Waals surface area contributed by atoms with Gasteiger partial charge in [0.05, 0.1) is 12.5 Å². The van der Waals surface area contributed by atoms with Crippen LogP contribution in [0, 0.1) is 16.7 Å². The highest BCUT2D eigenvalue weighted by Crippen LogP contribution is 2.63. The van der Waals surface area contributed by atoms with E-state index in [1.54, 1.807) is 12.4 Å². The van der Waals surface area contributed by atoms with Crippen LogP contribution in [0.5, 0.6) is 0 Å². The number of hydrogen-bond acceptors (Lipinski definition) is 4. The number of pyridine rings is 1. The van der Waals surface area contributed by atoms with Crippen LogP contribution in [0.4, 0.5) is 0 Å². The molecule has 0 radical (unpaired) electrons. The molecule has 1 aliphatic carbocycles. The molecular formula is C18H24N2O3. The molecule has 0 spiro atoms. The van der Waals surface area contributed by atoms with Gasteiger partial charge in [-0.2, -0.15) is 0 Å². The Kier molecular flexibility index (Phi) is 3.90. The number of amides is 1. The molecule has 5 nitrogen and oxygen atoms in total. The zero-order valence-corrected chi connectivity index (χ0v) is 14.0. The van der Waals surface area contributed by atoms with Crippen molar-refractivity contribution in [2.24, 2.45) is 16.7 Å². The number of hydrogen-bond donors (Lipinski definition) is 0. The molecule has 0 N–H and O–H groups in total. The summed E-state index contributed by atoms with van der Waals surface area (Å²) in [5, 5.41) is 0. The van der Waals surface area contributed by atoms with Crippen LogP contribution in [0.1, 0.15) is 32.3 Å². The van der Waals surface area contributed by atoms with Crippen molar-refractivity contribution in [3.8, 4) is 0 Å². The third-order valence-corrected chi connectivity index (χ3v) is 5.55. The number of esters is 1. The first-order chi connectivity index (χ1) is 10.9. The Balaban J connectivity index is 1.66. The zero-order chi connectivity index (χ0) is 16.7. The number of methoxy groups -OCH3 is 1. The van der Waals surface area contributed by atoms with E-state index in [4.69, 9.17) is 4.74 Å². The number of rotatable bonds is 4. The Morgan fingerprint density at radius 3 is 2.83 bits per heavy atom. The summed E-state index contributed by atoms with van der Waals surface area (Å²) in [5.41, 5.74) is 0.667. The summed E-state index contributed by atoms with van der Waals surface area (Å²) in [6.45, 7) is 5.50. The maximum absolute atomic E-state index is 12.6. The van der Waals surface area contributed by atoms with Crippen LogP contribution in [0.3, 0.4) is 0 Å². The van der Waals surface area contributed by atoms with Crippen molar-refractivity contribution in [3.05, 3.63) is 30.1 Å². The predicted octanol–water partition coefficient (Wildman–Crippen LogP) is 2.06. The highest BCUT2D eigenvalue weighted by Gasteiger charge is 2.67. The number of ether oxygens (including phenoxy) is 1. The molecule has 1 aromatic heterocycles. The van der Waals surface area contributed by atoms with Gasteiger partial charge in [0, 0.05) is 31.9 Å². The Labute approximate surface area is 137 Å². The van der Waals surface area contributed by atoms with Gasteiger partial charge in [-0.1, -0.05) is 19.9 Å². The van der Waals surface area contributed by atoms with Gasteiger partial charge in [0.1, 0.15) is 0 Å². The van der Waals surface area contributed by atoms with Crippen molar-refractivity contribution in [3.63, 3.8) is 0 Å². The highest BCUT2D eigenvalue weighted by atomic mass is 16.5. The van der Waals surface area contributed by atoms with Crippen molar-refractivity contribution < 1.29 is 14.3 Å². The van der Waals surface area contributed by atoms with Gasteiger partial charge in [-0.15, -0.1) is 0 Å². The number of carbonyl (C=O) groups is 2. The van der Waals surface area contributed by atoms with Crippen molar-refractivity contribution >= 4 is 11.9 Å². The van der Waals surface area contributed by atoms with E-state index in [9.17, 15) is 9.59 Å². The Bertz CT molecular complexity index is 614. The van der Waals surface area contributed by atoms with Crippen LogP contribution in [0.15, 0.2) is 24.5 Å². The number of carbonyl (C=O) groups excluding carboxylic acids is 2. The van der Waals surface area contributed by atoms with Crippen molar-refractivity contribution in [1.29, 1.82) is 0 Å². The standard InChI is InChI=1S/C18H24N2O3/c1-17(2)11-18(16(22)23-3)12-20(10-14(17)18)15(21)7-6-13-5-4-8-19-9-13/h4-5,8-9,14H,6-7,10-12H2,1-3H3/t14-,18+/m1/s1. The normalized spacial score (nSPS) is 28.0. The lowest BCUT2D eigenvalue weighted by atomic mass is 9.48. The highest BCUT2D eigenvalue weighted by molar-refractivity contribution is 5.83. The first-order valence-corrected chi connectivity index (χ1v) is 8.14. The van der Waals surface area contributed by atoms with E-state index in [1.165, 1.54) is 7.11 Å². The largest absolute Gasteiger partial charge is 0.469 e. The molecule has 5 heteroatoms. The average molecular weight is 316 g/mol. The molecule has 2 heterocycles. The second-order valence-corrected chi connectivity index (χ2v) is 7.50. The fourth-order valence-electron chi connectivity index (χ4n) is 4.52. The van der Waals surface area contributed by atoms with E-state index in [0.717, 1.165) is 12.0 Å². The van der Waals surface area contributed by atoms with Crippen LogP contribution in [0.2, 0.25) is 0 Å². The third kappa shape index (κ3) is 2.62. The maximum Gasteiger partial charge on any atom is 0.314 e. The predicted molar refractivity (Wildman–Crippen MR) is 85.5 cm³/mol. The fourth-order valence-corrected chi connectivity index (χ4v) is 4.52. The number of nitrogens with zero attached hydrogens (tertiary/aromatic N) is 2. The van der Waals surface area contributed by atoms with Crippen molar-refractivity contribution in [2.45, 2.75) is 33.1 Å². The molecule has 1 saturated heterocycles. The monoisotopic (exact) mass is 316 g/mol. The topological polar surface area (TPSA) is 59.5 Å². The van der Waals surface area contributed by atoms with Crippen molar-refractivity contribution in [1.82, 2.24) is 9.88 Å². The van der Waals surface area contributed by atoms with Gasteiger partial charge >= 0.3 is 5.97 Å². The molecule has 1 saturated carbocycles. The Hall–Kier alpha value is -1.91. The molecule has 1 amide bonds. The minimum absolute atomic E-state index is 0.0899. The SMILES string of the molecule is COC(=O)[C@@]12CN(C(=O)CCc3cccnc3)C[C@@H]1C(C)(C)C2. The van der Waals surface area contributed by atoms with Gasteiger partial charge in [-0.3, -0.25) is 14.6 Å². The fraction of sp³-hybridized carbons (Fsp3) is 0.611. The molecular weight excluding hydrogens is 292 g/mol. The summed E-state index contributed by atoms with van der Waals surface area (Å²) in [4.78, 5) is 30.7. The van der Waals surface area contributed by atoms with Crippen LogP contribution in [0.25, 0.3) is 0 Å². The quantitative estimate of drug-likeness (QED) is 0.798. The van der Waals surface area contributed by atoms with Gasteiger partial charge in [0.2, 0.25) is 5.91 Å². The van der Waals surface area contributed by atoms with E-state index in [1.807, 2.05) is 17.0 Å². The molecule has 1 aliphatic heterocycles. The molecule has 23 heavy (non-hydrogen) atoms. The van der Waals surface area contributed by atoms with E-state index < -0.39 is 5.41 Å². The number of likely N-dealkylation sites (tertiary alicyclic amines) is 1. The van der Waals surface area contributed by atoms with Crippen LogP contribution < -0.4 is 0 Å². The number of aromatic nitrogens is 1. The maximum atomic E-state index is 12.6. The molecule has 0 unspecified atom stereocenters. The van der Waals surface area contributed by atoms with E-state index in [-0.39, 0.29) is 23.2 Å². The molecule has 2 aliphatic rings. The van der Waals surface area contributed by atoms with Gasteiger partial charge in [0.15, 0.2) is 0 Å². The van der Waals surface area contributed by atoms with Gasteiger partial charge in [-0.05, 0) is 35.8 Å². The van der Waals surface area contributed by atoms with Crippen LogP contribution in [-0.2, 0) is 20.7 Å². The molecule has 2 fully saturated rings. The molecule has 0 aromatic carbocycles. The summed E-state index contributed by atoms with van der Waals surface area (Å²) >= 11 is 0. The Morgan fingerprint density at radius 1 is 1.43 bits per heavy atom. The van der Waals surface area contributed by atoms with Gasteiger partial charge in [-0.25, -0.2) is 0 Å². The van der Waals surface area contributed by atoms with Crippen molar-refractivity contribution in [2.75, 3.05) is 20.2 Å². The second kappa shape index (κ2) is 5.62. The summed E-state index contributed by atoms with van der Waals surface area (Å²) in [6.07, 6.45) is 5.45. The molecule has 0 bridgehead atoms. The van der Waals surface area contributed by atoms with E-state index >= 15 is 0 Å². The van der Waals surface area contributed by atoms with Gasteiger partial charge in [0.25, 0.3) is 0 Å². The first kappa shape index (κ1) is 16.0. The molecule has 1 aromatic rings. The van der Waals surface area contributed by atoms with Gasteiger partial charge < -0.3 is 9.64 Å². The lowest BCUT2D eigenvalue weighted by molar-refractivity contribution is -0.174. The second-order valence-electron chi connectivity index (χ2n) is 7.50. The summed E-state index contributed by atoms with van der Waals surface area (Å²) < 4.78 is 5.02. The third-order valence-electron chi connectivity index (χ3n) is 5.55. The summed E-state index contributed by atoms with van der Waals surface area (Å²) in [6, 6.07) is 3.86. The van der Waals surface area contributed by atoms with E-state index in [0.29, 0.717) is 25.9 Å².